The summed E-state index contributed by atoms with van der Waals surface area (Å²) >= 11 is 7.66. The van der Waals surface area contributed by atoms with Gasteiger partial charge in [-0.1, -0.05) is 23.7 Å². The van der Waals surface area contributed by atoms with Gasteiger partial charge in [-0.25, -0.2) is 4.68 Å². The van der Waals surface area contributed by atoms with Crippen molar-refractivity contribution in [2.24, 2.45) is 0 Å². The van der Waals surface area contributed by atoms with Crippen LogP contribution in [0.3, 0.4) is 0 Å². The first-order chi connectivity index (χ1) is 14.6. The van der Waals surface area contributed by atoms with Crippen molar-refractivity contribution in [2.45, 2.75) is 39.8 Å². The summed E-state index contributed by atoms with van der Waals surface area (Å²) in [5, 5.41) is 14.9. The molecule has 0 radical (unpaired) electrons. The van der Waals surface area contributed by atoms with Crippen LogP contribution in [0.15, 0.2) is 46.7 Å². The molecule has 160 valence electrons. The Labute approximate surface area is 188 Å². The molecule has 0 aliphatic rings. The van der Waals surface area contributed by atoms with Gasteiger partial charge in [0.2, 0.25) is 5.91 Å². The van der Waals surface area contributed by atoms with Gasteiger partial charge in [-0.15, -0.1) is 11.3 Å². The van der Waals surface area contributed by atoms with E-state index < -0.39 is 5.54 Å². The number of hydrogen-bond acceptors (Lipinski definition) is 5. The fourth-order valence-corrected chi connectivity index (χ4v) is 4.19. The summed E-state index contributed by atoms with van der Waals surface area (Å²) in [5.74, 6) is -0.368. The largest absolute Gasteiger partial charge is 0.324 e. The molecule has 0 unspecified atom stereocenters. The smallest absolute Gasteiger partial charge is 0.293 e. The number of aryl methyl sites for hydroxylation is 1. The van der Waals surface area contributed by atoms with Gasteiger partial charge in [0.05, 0.1) is 22.0 Å². The van der Waals surface area contributed by atoms with Crippen molar-refractivity contribution in [2.75, 3.05) is 5.32 Å². The molecule has 1 aromatic carbocycles. The highest BCUT2D eigenvalue weighted by molar-refractivity contribution is 7.13. The minimum absolute atomic E-state index is 0.228. The number of fused-ring (bicyclic) bond motifs is 1. The Morgan fingerprint density at radius 2 is 2.03 bits per heavy atom. The van der Waals surface area contributed by atoms with Crippen LogP contribution in [0.5, 0.6) is 0 Å². The number of halogens is 1. The van der Waals surface area contributed by atoms with Gasteiger partial charge in [-0.2, -0.15) is 10.2 Å². The van der Waals surface area contributed by atoms with Crippen molar-refractivity contribution in [3.8, 4) is 10.6 Å². The maximum Gasteiger partial charge on any atom is 0.293 e. The average Bonchev–Trinajstić information content (AvgIpc) is 3.37. The van der Waals surface area contributed by atoms with Crippen LogP contribution in [0.1, 0.15) is 26.3 Å². The second-order valence-electron chi connectivity index (χ2n) is 8.29. The van der Waals surface area contributed by atoms with E-state index in [1.165, 1.54) is 16.0 Å². The Balaban J connectivity index is 1.78. The third kappa shape index (κ3) is 4.13. The van der Waals surface area contributed by atoms with Gasteiger partial charge in [0, 0.05) is 10.7 Å². The maximum absolute atomic E-state index is 13.3. The molecule has 31 heavy (non-hydrogen) atoms. The molecule has 0 atom stereocenters. The summed E-state index contributed by atoms with van der Waals surface area (Å²) in [7, 11) is 0. The molecule has 3 heterocycles. The van der Waals surface area contributed by atoms with Crippen LogP contribution in [0.25, 0.3) is 21.5 Å². The SMILES string of the molecule is Cc1ccc(NC(=O)Cn2nc(-c3cccs3)c3cnn(C(C)(C)C)c3c2=O)cc1Cl. The Morgan fingerprint density at radius 1 is 1.26 bits per heavy atom. The van der Waals surface area contributed by atoms with Crippen LogP contribution in [0, 0.1) is 6.92 Å². The van der Waals surface area contributed by atoms with Crippen LogP contribution in [-0.2, 0) is 16.9 Å². The maximum atomic E-state index is 13.3. The first kappa shape index (κ1) is 21.3. The van der Waals surface area contributed by atoms with Gasteiger partial charge in [0.1, 0.15) is 17.8 Å². The van der Waals surface area contributed by atoms with E-state index in [9.17, 15) is 9.59 Å². The van der Waals surface area contributed by atoms with Crippen LogP contribution in [0.4, 0.5) is 5.69 Å². The van der Waals surface area contributed by atoms with Gasteiger partial charge >= 0.3 is 0 Å². The predicted molar refractivity (Wildman–Crippen MR) is 125 cm³/mol. The van der Waals surface area contributed by atoms with Crippen LogP contribution in [0.2, 0.25) is 5.02 Å². The molecule has 0 bridgehead atoms. The van der Waals surface area contributed by atoms with E-state index in [2.05, 4.69) is 15.5 Å². The van der Waals surface area contributed by atoms with E-state index in [0.29, 0.717) is 27.3 Å². The molecule has 3 aromatic heterocycles. The summed E-state index contributed by atoms with van der Waals surface area (Å²) in [4.78, 5) is 26.9. The molecule has 0 saturated carbocycles. The minimum Gasteiger partial charge on any atom is -0.324 e. The summed E-state index contributed by atoms with van der Waals surface area (Å²) < 4.78 is 2.89. The van der Waals surface area contributed by atoms with Gasteiger partial charge in [-0.05, 0) is 56.8 Å². The van der Waals surface area contributed by atoms with E-state index in [1.54, 1.807) is 23.0 Å². The van der Waals surface area contributed by atoms with Crippen molar-refractivity contribution < 1.29 is 4.79 Å². The number of nitrogens with one attached hydrogen (secondary N) is 1. The molecule has 0 aliphatic carbocycles. The third-order valence-electron chi connectivity index (χ3n) is 4.82. The second kappa shape index (κ2) is 7.94. The molecule has 4 rings (SSSR count). The van der Waals surface area contributed by atoms with E-state index in [4.69, 9.17) is 11.6 Å². The monoisotopic (exact) mass is 455 g/mol. The molecule has 0 aliphatic heterocycles. The fraction of sp³-hybridized carbons (Fsp3) is 0.273. The molecule has 1 N–H and O–H groups in total. The van der Waals surface area contributed by atoms with E-state index in [0.717, 1.165) is 10.4 Å². The Bertz CT molecular complexity index is 1330. The number of anilines is 1. The van der Waals surface area contributed by atoms with Crippen molar-refractivity contribution in [1.29, 1.82) is 0 Å². The molecule has 0 spiro atoms. The number of hydrogen-bond donors (Lipinski definition) is 1. The van der Waals surface area contributed by atoms with Crippen molar-refractivity contribution in [1.82, 2.24) is 19.6 Å². The highest BCUT2D eigenvalue weighted by Crippen LogP contribution is 2.30. The number of aromatic nitrogens is 4. The lowest BCUT2D eigenvalue weighted by Gasteiger charge is -2.20. The summed E-state index contributed by atoms with van der Waals surface area (Å²) in [6.45, 7) is 7.58. The average molecular weight is 456 g/mol. The van der Waals surface area contributed by atoms with Crippen LogP contribution >= 0.6 is 22.9 Å². The van der Waals surface area contributed by atoms with E-state index >= 15 is 0 Å². The number of carbonyl (C=O) groups excluding carboxylic acids is 1. The molecular weight excluding hydrogens is 434 g/mol. The lowest BCUT2D eigenvalue weighted by atomic mass is 10.1. The molecule has 9 heteroatoms. The Hall–Kier alpha value is -2.97. The zero-order valence-electron chi connectivity index (χ0n) is 17.6. The Morgan fingerprint density at radius 3 is 2.68 bits per heavy atom. The number of nitrogens with zero attached hydrogens (tertiary/aromatic N) is 4. The van der Waals surface area contributed by atoms with E-state index in [-0.39, 0.29) is 18.0 Å². The second-order valence-corrected chi connectivity index (χ2v) is 9.65. The molecule has 0 fully saturated rings. The summed E-state index contributed by atoms with van der Waals surface area (Å²) in [6.07, 6.45) is 1.67. The zero-order chi connectivity index (χ0) is 22.3. The summed E-state index contributed by atoms with van der Waals surface area (Å²) in [5.41, 5.74) is 1.77. The van der Waals surface area contributed by atoms with Crippen molar-refractivity contribution >= 4 is 45.4 Å². The molecule has 0 saturated heterocycles. The number of benzene rings is 1. The predicted octanol–water partition coefficient (Wildman–Crippen LogP) is 4.68. The highest BCUT2D eigenvalue weighted by atomic mass is 35.5. The number of rotatable bonds is 4. The summed E-state index contributed by atoms with van der Waals surface area (Å²) in [6, 6.07) is 9.13. The lowest BCUT2D eigenvalue weighted by molar-refractivity contribution is -0.117. The molecule has 4 aromatic rings. The topological polar surface area (TPSA) is 81.8 Å². The van der Waals surface area contributed by atoms with Crippen molar-refractivity contribution in [3.05, 3.63) is 62.8 Å². The van der Waals surface area contributed by atoms with Crippen LogP contribution in [-0.4, -0.2) is 25.5 Å². The normalized spacial score (nSPS) is 11.8. The standard InChI is InChI=1S/C22H22ClN5O2S/c1-13-7-8-14(10-16(13)23)25-18(29)12-27-21(30)20-15(11-24-28(20)22(2,3)4)19(26-27)17-6-5-9-31-17/h5-11H,12H2,1-4H3,(H,25,29). The third-order valence-corrected chi connectivity index (χ3v) is 6.10. The number of carbonyl (C=O) groups is 1. The quantitative estimate of drug-likeness (QED) is 0.484. The molecule has 1 amide bonds. The van der Waals surface area contributed by atoms with Gasteiger partial charge in [0.25, 0.3) is 5.56 Å². The van der Waals surface area contributed by atoms with Crippen molar-refractivity contribution in [3.63, 3.8) is 0 Å². The first-order valence-corrected chi connectivity index (χ1v) is 11.0. The molecule has 7 nitrogen and oxygen atoms in total. The van der Waals surface area contributed by atoms with Crippen LogP contribution < -0.4 is 10.9 Å². The Kier molecular flexibility index (Phi) is 5.45. The van der Waals surface area contributed by atoms with Gasteiger partial charge < -0.3 is 5.32 Å². The zero-order valence-corrected chi connectivity index (χ0v) is 19.2. The number of amides is 1. The fourth-order valence-electron chi connectivity index (χ4n) is 3.29. The molecular formula is C22H22ClN5O2S. The number of thiophene rings is 1. The van der Waals surface area contributed by atoms with E-state index in [1.807, 2.05) is 51.3 Å². The highest BCUT2D eigenvalue weighted by Gasteiger charge is 2.24. The van der Waals surface area contributed by atoms with Gasteiger partial charge in [0.15, 0.2) is 0 Å². The lowest BCUT2D eigenvalue weighted by Crippen LogP contribution is -2.33. The van der Waals surface area contributed by atoms with Gasteiger partial charge in [-0.3, -0.25) is 14.3 Å². The minimum atomic E-state index is -0.409. The first-order valence-electron chi connectivity index (χ1n) is 9.74.